The first-order chi connectivity index (χ1) is 5.99. The molecule has 2 amide bonds. The van der Waals surface area contributed by atoms with Crippen LogP contribution in [0.2, 0.25) is 0 Å². The molecule has 0 atom stereocenters. The maximum Gasteiger partial charge on any atom is 0.416 e. The third-order valence-corrected chi connectivity index (χ3v) is 2.47. The van der Waals surface area contributed by atoms with Gasteiger partial charge in [0.25, 0.3) is 0 Å². The summed E-state index contributed by atoms with van der Waals surface area (Å²) in [5.41, 5.74) is -0.469. The second-order valence-corrected chi connectivity index (χ2v) is 3.81. The molecule has 0 aromatic carbocycles. The Morgan fingerprint density at radius 3 is 2.62 bits per heavy atom. The number of cyclic esters (lactones) is 1. The lowest BCUT2D eigenvalue weighted by molar-refractivity contribution is -0.136. The molecule has 0 saturated carbocycles. The van der Waals surface area contributed by atoms with Crippen LogP contribution in [0.15, 0.2) is 0 Å². The summed E-state index contributed by atoms with van der Waals surface area (Å²) < 4.78 is 4.69. The lowest BCUT2D eigenvalue weighted by atomic mass is 9.89. The molecule has 0 aromatic heterocycles. The fourth-order valence-electron chi connectivity index (χ4n) is 1.09. The fourth-order valence-corrected chi connectivity index (χ4v) is 1.09. The van der Waals surface area contributed by atoms with Crippen molar-refractivity contribution in [1.82, 2.24) is 4.90 Å². The summed E-state index contributed by atoms with van der Waals surface area (Å²) in [6.45, 7) is 6.31. The number of hydrogen-bond acceptors (Lipinski definition) is 3. The molecule has 0 unspecified atom stereocenters. The highest BCUT2D eigenvalue weighted by molar-refractivity contribution is 5.95. The molecule has 1 fully saturated rings. The molecule has 1 saturated heterocycles. The van der Waals surface area contributed by atoms with Crippen LogP contribution in [-0.4, -0.2) is 30.1 Å². The third kappa shape index (κ3) is 1.82. The van der Waals surface area contributed by atoms with Crippen LogP contribution in [0.3, 0.4) is 0 Å². The van der Waals surface area contributed by atoms with Gasteiger partial charge in [0, 0.05) is 5.41 Å². The monoisotopic (exact) mass is 185 g/mol. The van der Waals surface area contributed by atoms with E-state index in [4.69, 9.17) is 4.74 Å². The Hall–Kier alpha value is -1.06. The molecule has 4 nitrogen and oxygen atoms in total. The van der Waals surface area contributed by atoms with E-state index in [2.05, 4.69) is 0 Å². The van der Waals surface area contributed by atoms with Crippen LogP contribution < -0.4 is 0 Å². The van der Waals surface area contributed by atoms with E-state index >= 15 is 0 Å². The maximum atomic E-state index is 11.7. The van der Waals surface area contributed by atoms with Crippen molar-refractivity contribution in [2.45, 2.75) is 27.2 Å². The second kappa shape index (κ2) is 3.36. The van der Waals surface area contributed by atoms with E-state index in [0.29, 0.717) is 13.2 Å². The molecule has 4 heteroatoms. The second-order valence-electron chi connectivity index (χ2n) is 3.81. The summed E-state index contributed by atoms with van der Waals surface area (Å²) in [7, 11) is 0. The number of ether oxygens (including phenoxy) is 1. The minimum Gasteiger partial charge on any atom is -0.447 e. The van der Waals surface area contributed by atoms with Gasteiger partial charge in [0.1, 0.15) is 6.61 Å². The molecule has 13 heavy (non-hydrogen) atoms. The van der Waals surface area contributed by atoms with Gasteiger partial charge in [-0.15, -0.1) is 0 Å². The molecule has 0 spiro atoms. The minimum atomic E-state index is -0.508. The number of hydrogen-bond donors (Lipinski definition) is 0. The first kappa shape index (κ1) is 10.0. The van der Waals surface area contributed by atoms with Gasteiger partial charge in [-0.2, -0.15) is 0 Å². The van der Waals surface area contributed by atoms with Crippen molar-refractivity contribution >= 4 is 12.0 Å². The Morgan fingerprint density at radius 2 is 2.23 bits per heavy atom. The largest absolute Gasteiger partial charge is 0.447 e. The van der Waals surface area contributed by atoms with E-state index in [0.717, 1.165) is 6.42 Å². The van der Waals surface area contributed by atoms with Crippen LogP contribution in [0.4, 0.5) is 4.79 Å². The first-order valence-corrected chi connectivity index (χ1v) is 4.48. The number of carbonyl (C=O) groups is 2. The number of rotatable bonds is 2. The zero-order valence-electron chi connectivity index (χ0n) is 8.29. The quantitative estimate of drug-likeness (QED) is 0.653. The number of imide groups is 1. The molecule has 74 valence electrons. The first-order valence-electron chi connectivity index (χ1n) is 4.48. The predicted octanol–water partition coefficient (Wildman–Crippen LogP) is 1.40. The van der Waals surface area contributed by atoms with Crippen LogP contribution in [0.25, 0.3) is 0 Å². The smallest absolute Gasteiger partial charge is 0.416 e. The highest BCUT2D eigenvalue weighted by atomic mass is 16.6. The minimum absolute atomic E-state index is 0.141. The average molecular weight is 185 g/mol. The number of nitrogens with zero attached hydrogens (tertiary/aromatic N) is 1. The number of carbonyl (C=O) groups excluding carboxylic acids is 2. The Balaban J connectivity index is 2.72. The van der Waals surface area contributed by atoms with Gasteiger partial charge in [0.15, 0.2) is 0 Å². The molecule has 1 aliphatic heterocycles. The predicted molar refractivity (Wildman–Crippen MR) is 47.1 cm³/mol. The van der Waals surface area contributed by atoms with E-state index in [-0.39, 0.29) is 5.91 Å². The Morgan fingerprint density at radius 1 is 1.62 bits per heavy atom. The molecular formula is C9H15NO3. The highest BCUT2D eigenvalue weighted by Gasteiger charge is 2.37. The lowest BCUT2D eigenvalue weighted by Gasteiger charge is -2.24. The van der Waals surface area contributed by atoms with Gasteiger partial charge in [-0.25, -0.2) is 9.69 Å². The Bertz CT molecular complexity index is 235. The van der Waals surface area contributed by atoms with Crippen molar-refractivity contribution in [3.05, 3.63) is 0 Å². The SMILES string of the molecule is CCC(C)(C)C(=O)N1CCOC1=O. The standard InChI is InChI=1S/C9H15NO3/c1-4-9(2,3)7(11)10-5-6-13-8(10)12/h4-6H2,1-3H3. The molecular weight excluding hydrogens is 170 g/mol. The summed E-state index contributed by atoms with van der Waals surface area (Å²) >= 11 is 0. The van der Waals surface area contributed by atoms with Crippen LogP contribution >= 0.6 is 0 Å². The van der Waals surface area contributed by atoms with Gasteiger partial charge in [-0.3, -0.25) is 4.79 Å². The van der Waals surface area contributed by atoms with Crippen LogP contribution in [-0.2, 0) is 9.53 Å². The van der Waals surface area contributed by atoms with E-state index in [1.165, 1.54) is 4.90 Å². The molecule has 0 radical (unpaired) electrons. The summed E-state index contributed by atoms with van der Waals surface area (Å²) in [4.78, 5) is 24.0. The molecule has 0 bridgehead atoms. The van der Waals surface area contributed by atoms with Crippen molar-refractivity contribution in [2.75, 3.05) is 13.2 Å². The van der Waals surface area contributed by atoms with E-state index in [9.17, 15) is 9.59 Å². The number of amides is 2. The van der Waals surface area contributed by atoms with Gasteiger partial charge < -0.3 is 4.74 Å². The van der Waals surface area contributed by atoms with E-state index in [1.54, 1.807) is 0 Å². The lowest BCUT2D eigenvalue weighted by Crippen LogP contribution is -2.41. The Labute approximate surface area is 77.8 Å². The summed E-state index contributed by atoms with van der Waals surface area (Å²) in [6.07, 6.45) is 0.210. The van der Waals surface area contributed by atoms with Crippen molar-refractivity contribution in [3.63, 3.8) is 0 Å². The molecule has 1 heterocycles. The molecule has 0 N–H and O–H groups in total. The van der Waals surface area contributed by atoms with Crippen LogP contribution in [0, 0.1) is 5.41 Å². The molecule has 1 aliphatic rings. The summed E-state index contributed by atoms with van der Waals surface area (Å²) in [5, 5.41) is 0. The summed E-state index contributed by atoms with van der Waals surface area (Å²) in [6, 6.07) is 0. The highest BCUT2D eigenvalue weighted by Crippen LogP contribution is 2.24. The zero-order chi connectivity index (χ0) is 10.1. The van der Waals surface area contributed by atoms with Crippen molar-refractivity contribution in [2.24, 2.45) is 5.41 Å². The molecule has 1 rings (SSSR count). The van der Waals surface area contributed by atoms with Gasteiger partial charge in [0.2, 0.25) is 5.91 Å². The van der Waals surface area contributed by atoms with E-state index in [1.807, 2.05) is 20.8 Å². The van der Waals surface area contributed by atoms with Crippen molar-refractivity contribution in [1.29, 1.82) is 0 Å². The zero-order valence-corrected chi connectivity index (χ0v) is 8.29. The fraction of sp³-hybridized carbons (Fsp3) is 0.778. The molecule has 0 aliphatic carbocycles. The van der Waals surface area contributed by atoms with E-state index < -0.39 is 11.5 Å². The van der Waals surface area contributed by atoms with Gasteiger partial charge >= 0.3 is 6.09 Å². The van der Waals surface area contributed by atoms with Crippen molar-refractivity contribution in [3.8, 4) is 0 Å². The van der Waals surface area contributed by atoms with Crippen LogP contribution in [0.1, 0.15) is 27.2 Å². The van der Waals surface area contributed by atoms with Crippen LogP contribution in [0.5, 0.6) is 0 Å². The van der Waals surface area contributed by atoms with Crippen molar-refractivity contribution < 1.29 is 14.3 Å². The Kier molecular flexibility index (Phi) is 2.59. The molecule has 0 aromatic rings. The normalized spacial score (nSPS) is 17.5. The van der Waals surface area contributed by atoms with Gasteiger partial charge in [0.05, 0.1) is 6.54 Å². The average Bonchev–Trinajstić information content (AvgIpc) is 2.50. The maximum absolute atomic E-state index is 11.7. The third-order valence-electron chi connectivity index (χ3n) is 2.47. The topological polar surface area (TPSA) is 46.6 Å². The van der Waals surface area contributed by atoms with Gasteiger partial charge in [-0.1, -0.05) is 20.8 Å². The van der Waals surface area contributed by atoms with Gasteiger partial charge in [-0.05, 0) is 6.42 Å². The summed E-state index contributed by atoms with van der Waals surface area (Å²) in [5.74, 6) is -0.141.